The Labute approximate surface area is 137 Å². The molecule has 1 aliphatic heterocycles. The molecule has 1 fully saturated rings. The number of hydrogen-bond donors (Lipinski definition) is 2. The molecule has 1 aromatic heterocycles. The molecule has 0 aliphatic carbocycles. The Kier molecular flexibility index (Phi) is 4.93. The molecule has 1 saturated heterocycles. The zero-order valence-corrected chi connectivity index (χ0v) is 14.0. The van der Waals surface area contributed by atoms with E-state index in [9.17, 15) is 14.4 Å². The Morgan fingerprint density at radius 3 is 2.70 bits per heavy atom. The molecule has 0 spiro atoms. The smallest absolute Gasteiger partial charge is 0.358 e. The third-order valence-corrected chi connectivity index (χ3v) is 4.07. The fourth-order valence-electron chi connectivity index (χ4n) is 2.06. The van der Waals surface area contributed by atoms with Gasteiger partial charge in [-0.25, -0.2) is 9.48 Å². The molecular weight excluding hydrogens is 322 g/mol. The highest BCUT2D eigenvalue weighted by atomic mass is 32.2. The molecule has 0 aromatic carbocycles. The molecule has 9 nitrogen and oxygen atoms in total. The standard InChI is InChI=1S/C13H19N5O4S/c1-13(2,3)14-11(20)9-6-23-7-18(9)10(19)5-17-4-8(12(21)22)15-16-17/h4,9H,5-7H2,1-3H3,(H,14,20)(H,21,22). The van der Waals surface area contributed by atoms with Crippen LogP contribution in [0.1, 0.15) is 31.3 Å². The first-order valence-corrected chi connectivity index (χ1v) is 8.15. The third-order valence-electron chi connectivity index (χ3n) is 3.06. The Balaban J connectivity index is 2.02. The highest BCUT2D eigenvalue weighted by Crippen LogP contribution is 2.22. The van der Waals surface area contributed by atoms with Gasteiger partial charge in [-0.3, -0.25) is 9.59 Å². The summed E-state index contributed by atoms with van der Waals surface area (Å²) in [5, 5.41) is 18.7. The van der Waals surface area contributed by atoms with Crippen LogP contribution in [0.5, 0.6) is 0 Å². The number of carboxylic acids is 1. The zero-order chi connectivity index (χ0) is 17.2. The van der Waals surface area contributed by atoms with Crippen LogP contribution in [0.3, 0.4) is 0 Å². The second-order valence-corrected chi connectivity index (χ2v) is 7.22. The topological polar surface area (TPSA) is 117 Å². The zero-order valence-electron chi connectivity index (χ0n) is 13.1. The lowest BCUT2D eigenvalue weighted by Gasteiger charge is -2.27. The van der Waals surface area contributed by atoms with Crippen molar-refractivity contribution in [2.75, 3.05) is 11.6 Å². The fourth-order valence-corrected chi connectivity index (χ4v) is 3.24. The van der Waals surface area contributed by atoms with Crippen molar-refractivity contribution in [1.29, 1.82) is 0 Å². The maximum atomic E-state index is 12.4. The highest BCUT2D eigenvalue weighted by molar-refractivity contribution is 7.99. The molecule has 126 valence electrons. The van der Waals surface area contributed by atoms with Gasteiger partial charge in [0.2, 0.25) is 11.8 Å². The first-order valence-electron chi connectivity index (χ1n) is 7.00. The van der Waals surface area contributed by atoms with E-state index in [1.807, 2.05) is 20.8 Å². The van der Waals surface area contributed by atoms with Gasteiger partial charge < -0.3 is 15.3 Å². The number of carbonyl (C=O) groups is 3. The van der Waals surface area contributed by atoms with Crippen molar-refractivity contribution in [1.82, 2.24) is 25.2 Å². The lowest BCUT2D eigenvalue weighted by molar-refractivity contribution is -0.139. The lowest BCUT2D eigenvalue weighted by atomic mass is 10.1. The SMILES string of the molecule is CC(C)(C)NC(=O)C1CSCN1C(=O)Cn1cc(C(=O)O)nn1. The number of aromatic nitrogens is 3. The minimum atomic E-state index is -1.21. The van der Waals surface area contributed by atoms with E-state index in [0.717, 1.165) is 4.68 Å². The van der Waals surface area contributed by atoms with E-state index < -0.39 is 12.0 Å². The molecule has 2 rings (SSSR count). The largest absolute Gasteiger partial charge is 0.476 e. The number of amides is 2. The van der Waals surface area contributed by atoms with E-state index >= 15 is 0 Å². The van der Waals surface area contributed by atoms with E-state index in [1.54, 1.807) is 0 Å². The summed E-state index contributed by atoms with van der Waals surface area (Å²) in [5.41, 5.74) is -0.600. The molecule has 1 aliphatic rings. The van der Waals surface area contributed by atoms with Crippen LogP contribution in [-0.4, -0.2) is 66.0 Å². The van der Waals surface area contributed by atoms with Gasteiger partial charge in [0.25, 0.3) is 0 Å². The van der Waals surface area contributed by atoms with Gasteiger partial charge in [0.05, 0.1) is 12.1 Å². The number of aromatic carboxylic acids is 1. The van der Waals surface area contributed by atoms with Gasteiger partial charge >= 0.3 is 5.97 Å². The molecular formula is C13H19N5O4S. The Hall–Kier alpha value is -2.10. The fraction of sp³-hybridized carbons (Fsp3) is 0.615. The van der Waals surface area contributed by atoms with Gasteiger partial charge in [0.1, 0.15) is 12.6 Å². The van der Waals surface area contributed by atoms with Crippen molar-refractivity contribution in [3.63, 3.8) is 0 Å². The minimum Gasteiger partial charge on any atom is -0.476 e. The first kappa shape index (κ1) is 17.3. The summed E-state index contributed by atoms with van der Waals surface area (Å²) in [6, 6.07) is -0.533. The predicted octanol–water partition coefficient (Wildman–Crippen LogP) is -0.207. The number of nitrogens with zero attached hydrogens (tertiary/aromatic N) is 4. The molecule has 0 saturated carbocycles. The molecule has 10 heteroatoms. The molecule has 1 aromatic rings. The number of nitrogens with one attached hydrogen (secondary N) is 1. The first-order chi connectivity index (χ1) is 10.7. The Bertz CT molecular complexity index is 624. The highest BCUT2D eigenvalue weighted by Gasteiger charge is 2.36. The number of carbonyl (C=O) groups excluding carboxylic acids is 2. The molecule has 2 N–H and O–H groups in total. The van der Waals surface area contributed by atoms with E-state index in [-0.39, 0.29) is 29.6 Å². The molecule has 2 amide bonds. The molecule has 0 bridgehead atoms. The van der Waals surface area contributed by atoms with Gasteiger partial charge in [0, 0.05) is 11.3 Å². The minimum absolute atomic E-state index is 0.153. The van der Waals surface area contributed by atoms with Crippen LogP contribution in [-0.2, 0) is 16.1 Å². The summed E-state index contributed by atoms with van der Waals surface area (Å²) in [6.07, 6.45) is 1.19. The maximum Gasteiger partial charge on any atom is 0.358 e. The Morgan fingerprint density at radius 1 is 1.43 bits per heavy atom. The second-order valence-electron chi connectivity index (χ2n) is 6.22. The van der Waals surface area contributed by atoms with Crippen molar-refractivity contribution >= 4 is 29.5 Å². The van der Waals surface area contributed by atoms with Crippen LogP contribution in [0, 0.1) is 0 Å². The van der Waals surface area contributed by atoms with Crippen molar-refractivity contribution in [3.05, 3.63) is 11.9 Å². The number of carboxylic acid groups (broad SMARTS) is 1. The van der Waals surface area contributed by atoms with Crippen molar-refractivity contribution in [2.45, 2.75) is 38.9 Å². The van der Waals surface area contributed by atoms with Gasteiger partial charge in [0.15, 0.2) is 5.69 Å². The average molecular weight is 341 g/mol. The molecule has 2 heterocycles. The third kappa shape index (κ3) is 4.44. The van der Waals surface area contributed by atoms with Crippen molar-refractivity contribution in [2.24, 2.45) is 0 Å². The normalized spacial score (nSPS) is 18.0. The summed E-state index contributed by atoms with van der Waals surface area (Å²) in [5.74, 6) is -0.748. The lowest BCUT2D eigenvalue weighted by Crippen LogP contribution is -2.52. The average Bonchev–Trinajstić information content (AvgIpc) is 3.04. The number of rotatable bonds is 4. The maximum absolute atomic E-state index is 12.4. The van der Waals surface area contributed by atoms with Crippen molar-refractivity contribution in [3.8, 4) is 0 Å². The summed E-state index contributed by atoms with van der Waals surface area (Å²) < 4.78 is 1.16. The van der Waals surface area contributed by atoms with E-state index in [4.69, 9.17) is 5.11 Å². The molecule has 1 atom stereocenters. The molecule has 23 heavy (non-hydrogen) atoms. The van der Waals surface area contributed by atoms with E-state index in [2.05, 4.69) is 15.6 Å². The van der Waals surface area contributed by atoms with Crippen LogP contribution in [0.4, 0.5) is 0 Å². The molecule has 0 radical (unpaired) electrons. The van der Waals surface area contributed by atoms with Crippen LogP contribution >= 0.6 is 11.8 Å². The van der Waals surface area contributed by atoms with Crippen molar-refractivity contribution < 1.29 is 19.5 Å². The quantitative estimate of drug-likeness (QED) is 0.778. The van der Waals surface area contributed by atoms with Crippen LogP contribution in [0.25, 0.3) is 0 Å². The summed E-state index contributed by atoms with van der Waals surface area (Å²) in [6.45, 7) is 5.48. The number of hydrogen-bond acceptors (Lipinski definition) is 6. The monoisotopic (exact) mass is 341 g/mol. The second kappa shape index (κ2) is 6.57. The van der Waals surface area contributed by atoms with E-state index in [0.29, 0.717) is 11.6 Å². The van der Waals surface area contributed by atoms with Gasteiger partial charge in [-0.1, -0.05) is 5.21 Å². The number of thioether (sulfide) groups is 1. The van der Waals surface area contributed by atoms with Crippen LogP contribution < -0.4 is 5.32 Å². The van der Waals surface area contributed by atoms with E-state index in [1.165, 1.54) is 22.9 Å². The Morgan fingerprint density at radius 2 is 2.13 bits per heavy atom. The summed E-state index contributed by atoms with van der Waals surface area (Å²) in [4.78, 5) is 36.9. The predicted molar refractivity (Wildman–Crippen MR) is 82.8 cm³/mol. The van der Waals surface area contributed by atoms with Crippen LogP contribution in [0.2, 0.25) is 0 Å². The van der Waals surface area contributed by atoms with Gasteiger partial charge in [-0.05, 0) is 20.8 Å². The molecule has 1 unspecified atom stereocenters. The van der Waals surface area contributed by atoms with Crippen LogP contribution in [0.15, 0.2) is 6.20 Å². The van der Waals surface area contributed by atoms with Gasteiger partial charge in [-0.2, -0.15) is 0 Å². The van der Waals surface area contributed by atoms with Gasteiger partial charge in [-0.15, -0.1) is 16.9 Å². The summed E-state index contributed by atoms with van der Waals surface area (Å²) >= 11 is 1.50. The summed E-state index contributed by atoms with van der Waals surface area (Å²) in [7, 11) is 0.